The highest BCUT2D eigenvalue weighted by atomic mass is 16.5. The fourth-order valence-corrected chi connectivity index (χ4v) is 2.19. The highest BCUT2D eigenvalue weighted by Crippen LogP contribution is 2.26. The smallest absolute Gasteiger partial charge is 0.219 e. The molecule has 1 aromatic rings. The Bertz CT molecular complexity index is 440. The van der Waals surface area contributed by atoms with Crippen molar-refractivity contribution in [2.24, 2.45) is 0 Å². The zero-order valence-corrected chi connectivity index (χ0v) is 10.8. The van der Waals surface area contributed by atoms with E-state index in [-0.39, 0.29) is 5.91 Å². The number of anilines is 2. The first-order chi connectivity index (χ1) is 8.60. The van der Waals surface area contributed by atoms with Gasteiger partial charge in [-0.25, -0.2) is 0 Å². The highest BCUT2D eigenvalue weighted by molar-refractivity contribution is 5.73. The number of nitrogens with two attached hydrogens (primary N) is 1. The van der Waals surface area contributed by atoms with Crippen LogP contribution in [0.3, 0.4) is 0 Å². The number of ether oxygens (including phenoxy) is 1. The van der Waals surface area contributed by atoms with Gasteiger partial charge < -0.3 is 20.3 Å². The van der Waals surface area contributed by atoms with Crippen LogP contribution >= 0.6 is 0 Å². The maximum Gasteiger partial charge on any atom is 0.219 e. The lowest BCUT2D eigenvalue weighted by Crippen LogP contribution is -2.48. The highest BCUT2D eigenvalue weighted by Gasteiger charge is 2.19. The normalized spacial score (nSPS) is 15.7. The van der Waals surface area contributed by atoms with Crippen LogP contribution in [0, 0.1) is 0 Å². The largest absolute Gasteiger partial charge is 0.497 e. The molecule has 0 atom stereocenters. The van der Waals surface area contributed by atoms with E-state index in [2.05, 4.69) is 4.90 Å². The average molecular weight is 249 g/mol. The minimum atomic E-state index is 0.139. The van der Waals surface area contributed by atoms with Gasteiger partial charge in [-0.3, -0.25) is 4.79 Å². The van der Waals surface area contributed by atoms with Crippen molar-refractivity contribution < 1.29 is 9.53 Å². The molecule has 0 spiro atoms. The second kappa shape index (κ2) is 5.16. The van der Waals surface area contributed by atoms with Gasteiger partial charge >= 0.3 is 0 Å². The molecule has 1 fully saturated rings. The number of amides is 1. The summed E-state index contributed by atoms with van der Waals surface area (Å²) in [6.07, 6.45) is 0. The molecule has 0 unspecified atom stereocenters. The van der Waals surface area contributed by atoms with Crippen molar-refractivity contribution in [2.45, 2.75) is 6.92 Å². The third-order valence-electron chi connectivity index (χ3n) is 3.24. The third-order valence-corrected chi connectivity index (χ3v) is 3.24. The van der Waals surface area contributed by atoms with E-state index in [1.54, 1.807) is 20.1 Å². The van der Waals surface area contributed by atoms with Gasteiger partial charge in [0.1, 0.15) is 5.75 Å². The molecule has 1 heterocycles. The first kappa shape index (κ1) is 12.5. The van der Waals surface area contributed by atoms with Gasteiger partial charge in [0.25, 0.3) is 0 Å². The molecule has 1 saturated heterocycles. The van der Waals surface area contributed by atoms with E-state index >= 15 is 0 Å². The number of hydrogen-bond donors (Lipinski definition) is 1. The van der Waals surface area contributed by atoms with Gasteiger partial charge in [0.15, 0.2) is 0 Å². The van der Waals surface area contributed by atoms with Crippen LogP contribution in [-0.2, 0) is 4.79 Å². The average Bonchev–Trinajstić information content (AvgIpc) is 2.38. The lowest BCUT2D eigenvalue weighted by Gasteiger charge is -2.35. The molecule has 0 bridgehead atoms. The Labute approximate surface area is 107 Å². The summed E-state index contributed by atoms with van der Waals surface area (Å²) in [7, 11) is 1.63. The van der Waals surface area contributed by atoms with Crippen LogP contribution in [0.1, 0.15) is 6.92 Å². The zero-order valence-electron chi connectivity index (χ0n) is 10.8. The van der Waals surface area contributed by atoms with Gasteiger partial charge in [0.2, 0.25) is 5.91 Å². The van der Waals surface area contributed by atoms with Crippen molar-refractivity contribution in [1.82, 2.24) is 4.90 Å². The second-order valence-corrected chi connectivity index (χ2v) is 4.46. The first-order valence-electron chi connectivity index (χ1n) is 6.05. The number of carbonyl (C=O) groups is 1. The SMILES string of the molecule is COc1cc(N)cc(N2CCN(C(C)=O)CC2)c1. The molecule has 5 heteroatoms. The molecule has 0 aromatic heterocycles. The fourth-order valence-electron chi connectivity index (χ4n) is 2.19. The summed E-state index contributed by atoms with van der Waals surface area (Å²) in [4.78, 5) is 15.3. The summed E-state index contributed by atoms with van der Waals surface area (Å²) in [6, 6.07) is 5.71. The van der Waals surface area contributed by atoms with Crippen molar-refractivity contribution in [1.29, 1.82) is 0 Å². The third kappa shape index (κ3) is 2.67. The summed E-state index contributed by atoms with van der Waals surface area (Å²) in [5, 5.41) is 0. The molecular weight excluding hydrogens is 230 g/mol. The fraction of sp³-hybridized carbons (Fsp3) is 0.462. The Kier molecular flexibility index (Phi) is 3.60. The molecule has 1 amide bonds. The monoisotopic (exact) mass is 249 g/mol. The summed E-state index contributed by atoms with van der Waals surface area (Å²) >= 11 is 0. The van der Waals surface area contributed by atoms with Crippen molar-refractivity contribution in [2.75, 3.05) is 43.9 Å². The molecule has 2 rings (SSSR count). The minimum absolute atomic E-state index is 0.139. The van der Waals surface area contributed by atoms with Crippen LogP contribution in [0.4, 0.5) is 11.4 Å². The number of carbonyl (C=O) groups excluding carboxylic acids is 1. The molecule has 0 aliphatic carbocycles. The van der Waals surface area contributed by atoms with Crippen molar-refractivity contribution in [3.8, 4) is 5.75 Å². The number of hydrogen-bond acceptors (Lipinski definition) is 4. The number of rotatable bonds is 2. The topological polar surface area (TPSA) is 58.8 Å². The van der Waals surface area contributed by atoms with Crippen LogP contribution < -0.4 is 15.4 Å². The van der Waals surface area contributed by atoms with Crippen molar-refractivity contribution in [3.05, 3.63) is 18.2 Å². The van der Waals surface area contributed by atoms with Crippen LogP contribution in [-0.4, -0.2) is 44.1 Å². The van der Waals surface area contributed by atoms with Crippen LogP contribution in [0.15, 0.2) is 18.2 Å². The van der Waals surface area contributed by atoms with Gasteiger partial charge in [-0.05, 0) is 6.07 Å². The number of methoxy groups -OCH3 is 1. The molecule has 18 heavy (non-hydrogen) atoms. The lowest BCUT2D eigenvalue weighted by molar-refractivity contribution is -0.129. The molecular formula is C13H19N3O2. The Morgan fingerprint density at radius 1 is 1.22 bits per heavy atom. The number of benzene rings is 1. The summed E-state index contributed by atoms with van der Waals surface area (Å²) in [6.45, 7) is 4.77. The quantitative estimate of drug-likeness (QED) is 0.793. The van der Waals surface area contributed by atoms with E-state index in [1.165, 1.54) is 0 Å². The van der Waals surface area contributed by atoms with E-state index in [0.717, 1.165) is 37.6 Å². The molecule has 0 saturated carbocycles. The van der Waals surface area contributed by atoms with Crippen LogP contribution in [0.25, 0.3) is 0 Å². The Hall–Kier alpha value is -1.91. The van der Waals surface area contributed by atoms with E-state index in [9.17, 15) is 4.79 Å². The predicted molar refractivity (Wildman–Crippen MR) is 71.9 cm³/mol. The zero-order chi connectivity index (χ0) is 13.1. The molecule has 98 valence electrons. The summed E-state index contributed by atoms with van der Waals surface area (Å²) < 4.78 is 5.21. The van der Waals surface area contributed by atoms with Crippen molar-refractivity contribution in [3.63, 3.8) is 0 Å². The predicted octanol–water partition coefficient (Wildman–Crippen LogP) is 0.946. The van der Waals surface area contributed by atoms with Gasteiger partial charge in [0.05, 0.1) is 7.11 Å². The molecule has 5 nitrogen and oxygen atoms in total. The Morgan fingerprint density at radius 3 is 2.44 bits per heavy atom. The molecule has 0 radical (unpaired) electrons. The number of nitrogen functional groups attached to an aromatic ring is 1. The minimum Gasteiger partial charge on any atom is -0.497 e. The molecule has 1 aromatic carbocycles. The van der Waals surface area contributed by atoms with E-state index in [0.29, 0.717) is 5.69 Å². The van der Waals surface area contributed by atoms with Crippen molar-refractivity contribution >= 4 is 17.3 Å². The maximum absolute atomic E-state index is 11.3. The Balaban J connectivity index is 2.09. The van der Waals surface area contributed by atoms with Gasteiger partial charge in [0, 0.05) is 56.6 Å². The van der Waals surface area contributed by atoms with Gasteiger partial charge in [-0.15, -0.1) is 0 Å². The van der Waals surface area contributed by atoms with E-state index in [4.69, 9.17) is 10.5 Å². The van der Waals surface area contributed by atoms with E-state index < -0.39 is 0 Å². The summed E-state index contributed by atoms with van der Waals surface area (Å²) in [5.41, 5.74) is 7.59. The van der Waals surface area contributed by atoms with Crippen LogP contribution in [0.5, 0.6) is 5.75 Å². The first-order valence-corrected chi connectivity index (χ1v) is 6.05. The Morgan fingerprint density at radius 2 is 1.89 bits per heavy atom. The van der Waals surface area contributed by atoms with Crippen LogP contribution in [0.2, 0.25) is 0 Å². The second-order valence-electron chi connectivity index (χ2n) is 4.46. The number of piperazine rings is 1. The standard InChI is InChI=1S/C13H19N3O2/c1-10(17)15-3-5-16(6-4-15)12-7-11(14)8-13(9-12)18-2/h7-9H,3-6,14H2,1-2H3. The summed E-state index contributed by atoms with van der Waals surface area (Å²) in [5.74, 6) is 0.902. The maximum atomic E-state index is 11.3. The lowest BCUT2D eigenvalue weighted by atomic mass is 10.2. The molecule has 1 aliphatic rings. The molecule has 2 N–H and O–H groups in total. The number of nitrogens with zero attached hydrogens (tertiary/aromatic N) is 2. The van der Waals surface area contributed by atoms with Gasteiger partial charge in [-0.1, -0.05) is 0 Å². The molecule has 1 aliphatic heterocycles. The van der Waals surface area contributed by atoms with E-state index in [1.807, 2.05) is 17.0 Å². The van der Waals surface area contributed by atoms with Gasteiger partial charge in [-0.2, -0.15) is 0 Å².